The standard InChI is InChI=1S/C17H7F8NO4/c1-4(15(27)28)26-7-2-5(6(18)3-8(7)30-17(24,25)16(26)29)9-10(19)12(21)14(23)13(22)11(9)20/h2-4H,1H3,(H,27,28)/t4-/m0/s1. The molecule has 30 heavy (non-hydrogen) atoms. The van der Waals surface area contributed by atoms with Crippen molar-refractivity contribution in [1.29, 1.82) is 0 Å². The minimum absolute atomic E-state index is 0.0594. The number of amides is 1. The molecule has 1 amide bonds. The van der Waals surface area contributed by atoms with E-state index in [1.807, 2.05) is 0 Å². The molecular weight excluding hydrogens is 434 g/mol. The predicted molar refractivity (Wildman–Crippen MR) is 81.8 cm³/mol. The van der Waals surface area contributed by atoms with Crippen LogP contribution in [0.15, 0.2) is 12.1 Å². The molecule has 160 valence electrons. The van der Waals surface area contributed by atoms with E-state index in [9.17, 15) is 44.7 Å². The Hall–Kier alpha value is -3.38. The Morgan fingerprint density at radius 1 is 1.00 bits per heavy atom. The number of ether oxygens (including phenoxy) is 1. The molecule has 0 spiro atoms. The summed E-state index contributed by atoms with van der Waals surface area (Å²) in [6.45, 7) is 0.785. The van der Waals surface area contributed by atoms with E-state index in [-0.39, 0.29) is 17.0 Å². The maximum Gasteiger partial charge on any atom is 0.483 e. The first-order chi connectivity index (χ1) is 13.8. The van der Waals surface area contributed by atoms with Crippen molar-refractivity contribution in [2.45, 2.75) is 19.1 Å². The number of nitrogens with zero attached hydrogens (tertiary/aromatic N) is 1. The van der Waals surface area contributed by atoms with Gasteiger partial charge in [0.15, 0.2) is 29.0 Å². The number of carbonyl (C=O) groups excluding carboxylic acids is 1. The van der Waals surface area contributed by atoms with Crippen molar-refractivity contribution in [1.82, 2.24) is 0 Å². The van der Waals surface area contributed by atoms with Crippen molar-refractivity contribution in [2.24, 2.45) is 0 Å². The van der Waals surface area contributed by atoms with Crippen LogP contribution in [0.5, 0.6) is 5.75 Å². The second-order valence-corrected chi connectivity index (χ2v) is 6.05. The molecule has 0 aromatic heterocycles. The van der Waals surface area contributed by atoms with Crippen LogP contribution in [0.25, 0.3) is 11.1 Å². The lowest BCUT2D eigenvalue weighted by Crippen LogP contribution is -2.55. The third kappa shape index (κ3) is 3.00. The van der Waals surface area contributed by atoms with Crippen LogP contribution in [0.4, 0.5) is 40.8 Å². The van der Waals surface area contributed by atoms with E-state index < -0.39 is 81.5 Å². The number of halogens is 8. The zero-order valence-electron chi connectivity index (χ0n) is 14.4. The Kier molecular flexibility index (Phi) is 4.87. The second-order valence-electron chi connectivity index (χ2n) is 6.05. The fourth-order valence-corrected chi connectivity index (χ4v) is 2.77. The van der Waals surface area contributed by atoms with Crippen molar-refractivity contribution in [3.05, 3.63) is 47.0 Å². The summed E-state index contributed by atoms with van der Waals surface area (Å²) in [6, 6.07) is -1.62. The lowest BCUT2D eigenvalue weighted by Gasteiger charge is -2.35. The van der Waals surface area contributed by atoms with Gasteiger partial charge < -0.3 is 9.84 Å². The molecule has 0 saturated carbocycles. The summed E-state index contributed by atoms with van der Waals surface area (Å²) < 4.78 is 114. The van der Waals surface area contributed by atoms with Crippen LogP contribution < -0.4 is 9.64 Å². The smallest absolute Gasteiger partial charge is 0.480 e. The van der Waals surface area contributed by atoms with Crippen LogP contribution in [0.1, 0.15) is 6.92 Å². The van der Waals surface area contributed by atoms with E-state index >= 15 is 0 Å². The van der Waals surface area contributed by atoms with Gasteiger partial charge in [-0.25, -0.2) is 31.1 Å². The number of aliphatic carboxylic acids is 1. The van der Waals surface area contributed by atoms with Gasteiger partial charge >= 0.3 is 18.0 Å². The molecule has 13 heteroatoms. The summed E-state index contributed by atoms with van der Waals surface area (Å²) in [5, 5.41) is 9.07. The number of benzene rings is 2. The topological polar surface area (TPSA) is 66.8 Å². The van der Waals surface area contributed by atoms with Gasteiger partial charge in [0.2, 0.25) is 5.82 Å². The lowest BCUT2D eigenvalue weighted by molar-refractivity contribution is -0.193. The summed E-state index contributed by atoms with van der Waals surface area (Å²) in [6.07, 6.45) is -4.62. The number of hydrogen-bond acceptors (Lipinski definition) is 3. The molecule has 2 aromatic carbocycles. The lowest BCUT2D eigenvalue weighted by atomic mass is 10.00. The van der Waals surface area contributed by atoms with Crippen molar-refractivity contribution in [3.63, 3.8) is 0 Å². The quantitative estimate of drug-likeness (QED) is 0.445. The largest absolute Gasteiger partial charge is 0.483 e. The van der Waals surface area contributed by atoms with Gasteiger partial charge in [-0.05, 0) is 13.0 Å². The van der Waals surface area contributed by atoms with Gasteiger partial charge in [0.25, 0.3) is 0 Å². The Balaban J connectivity index is 2.34. The van der Waals surface area contributed by atoms with Gasteiger partial charge in [0.05, 0.1) is 11.3 Å². The average molecular weight is 441 g/mol. The highest BCUT2D eigenvalue weighted by Crippen LogP contribution is 2.45. The van der Waals surface area contributed by atoms with Crippen LogP contribution in [-0.2, 0) is 9.59 Å². The zero-order valence-corrected chi connectivity index (χ0v) is 14.4. The Bertz CT molecular complexity index is 1070. The number of alkyl halides is 2. The Morgan fingerprint density at radius 2 is 1.50 bits per heavy atom. The van der Waals surface area contributed by atoms with Crippen molar-refractivity contribution in [2.75, 3.05) is 4.90 Å². The summed E-state index contributed by atoms with van der Waals surface area (Å²) in [5.41, 5.74) is -3.95. The monoisotopic (exact) mass is 441 g/mol. The minimum Gasteiger partial charge on any atom is -0.480 e. The number of rotatable bonds is 3. The molecule has 2 aromatic rings. The van der Waals surface area contributed by atoms with E-state index in [0.29, 0.717) is 0 Å². The number of carbonyl (C=O) groups is 2. The molecule has 0 bridgehead atoms. The summed E-state index contributed by atoms with van der Waals surface area (Å²) in [4.78, 5) is 23.1. The molecule has 0 fully saturated rings. The molecule has 0 aliphatic carbocycles. The zero-order chi connectivity index (χ0) is 22.7. The molecule has 1 aliphatic rings. The van der Waals surface area contributed by atoms with Crippen LogP contribution in [0.2, 0.25) is 0 Å². The van der Waals surface area contributed by atoms with Gasteiger partial charge in [-0.2, -0.15) is 8.78 Å². The maximum atomic E-state index is 14.4. The molecule has 3 rings (SSSR count). The first kappa shape index (κ1) is 21.3. The molecule has 1 N–H and O–H groups in total. The molecule has 0 radical (unpaired) electrons. The summed E-state index contributed by atoms with van der Waals surface area (Å²) in [7, 11) is 0. The third-order valence-corrected chi connectivity index (χ3v) is 4.24. The van der Waals surface area contributed by atoms with Crippen LogP contribution in [0, 0.1) is 34.9 Å². The normalized spacial score (nSPS) is 16.2. The first-order valence-electron chi connectivity index (χ1n) is 7.78. The van der Waals surface area contributed by atoms with Crippen molar-refractivity contribution >= 4 is 17.6 Å². The van der Waals surface area contributed by atoms with Crippen molar-refractivity contribution in [3.8, 4) is 16.9 Å². The highest BCUT2D eigenvalue weighted by atomic mass is 19.3. The van der Waals surface area contributed by atoms with Gasteiger partial charge in [0.1, 0.15) is 11.9 Å². The fourth-order valence-electron chi connectivity index (χ4n) is 2.77. The van der Waals surface area contributed by atoms with Gasteiger partial charge in [0, 0.05) is 11.6 Å². The van der Waals surface area contributed by atoms with Gasteiger partial charge in [-0.3, -0.25) is 9.69 Å². The average Bonchev–Trinajstić information content (AvgIpc) is 2.66. The summed E-state index contributed by atoms with van der Waals surface area (Å²) in [5.74, 6) is -19.1. The van der Waals surface area contributed by atoms with Gasteiger partial charge in [-0.1, -0.05) is 0 Å². The minimum atomic E-state index is -4.62. The fraction of sp³-hybridized carbons (Fsp3) is 0.176. The van der Waals surface area contributed by atoms with E-state index in [0.717, 1.165) is 6.92 Å². The van der Waals surface area contributed by atoms with Gasteiger partial charge in [-0.15, -0.1) is 0 Å². The van der Waals surface area contributed by atoms with E-state index in [2.05, 4.69) is 4.74 Å². The maximum absolute atomic E-state index is 14.4. The first-order valence-corrected chi connectivity index (χ1v) is 7.78. The van der Waals surface area contributed by atoms with Crippen molar-refractivity contribution < 1.29 is 54.6 Å². The molecule has 0 unspecified atom stereocenters. The highest BCUT2D eigenvalue weighted by Gasteiger charge is 2.53. The number of fused-ring (bicyclic) bond motifs is 1. The molecular formula is C17H7F8NO4. The molecule has 1 heterocycles. The molecule has 5 nitrogen and oxygen atoms in total. The molecule has 1 aliphatic heterocycles. The molecule has 0 saturated heterocycles. The Labute approximate surface area is 161 Å². The SMILES string of the molecule is C[C@@H](C(=O)O)N1C(=O)C(F)(F)Oc2cc(F)c(-c3c(F)c(F)c(F)c(F)c3F)cc21. The number of carboxylic acid groups (broad SMARTS) is 1. The Morgan fingerprint density at radius 3 is 2.00 bits per heavy atom. The third-order valence-electron chi connectivity index (χ3n) is 4.24. The molecule has 1 atom stereocenters. The van der Waals surface area contributed by atoms with Crippen LogP contribution in [-0.4, -0.2) is 29.1 Å². The van der Waals surface area contributed by atoms with E-state index in [1.165, 1.54) is 0 Å². The number of anilines is 1. The number of hydrogen-bond donors (Lipinski definition) is 1. The number of carboxylic acids is 1. The van der Waals surface area contributed by atoms with E-state index in [4.69, 9.17) is 5.11 Å². The summed E-state index contributed by atoms with van der Waals surface area (Å²) >= 11 is 0. The van der Waals surface area contributed by atoms with Crippen LogP contribution in [0.3, 0.4) is 0 Å². The predicted octanol–water partition coefficient (Wildman–Crippen LogP) is 3.98. The highest BCUT2D eigenvalue weighted by molar-refractivity contribution is 6.05. The van der Waals surface area contributed by atoms with Crippen LogP contribution >= 0.6 is 0 Å². The second kappa shape index (κ2) is 6.85. The van der Waals surface area contributed by atoms with E-state index in [1.54, 1.807) is 0 Å².